The van der Waals surface area contributed by atoms with E-state index in [2.05, 4.69) is 4.90 Å². The molecular weight excluding hydrogens is 182 g/mol. The minimum Gasteiger partial charge on any atom is -0.464 e. The lowest BCUT2D eigenvalue weighted by molar-refractivity contribution is -0.146. The van der Waals surface area contributed by atoms with Crippen LogP contribution in [0.25, 0.3) is 0 Å². The number of epoxide rings is 1. The molecule has 1 rings (SSSR count). The maximum Gasteiger partial charge on any atom is 0.302 e. The van der Waals surface area contributed by atoms with Gasteiger partial charge in [0, 0.05) is 6.92 Å². The number of nitrogens with zero attached hydrogens (tertiary/aromatic N) is 1. The van der Waals surface area contributed by atoms with Gasteiger partial charge in [0.05, 0.1) is 12.1 Å². The largest absolute Gasteiger partial charge is 0.464 e. The van der Waals surface area contributed by atoms with E-state index < -0.39 is 0 Å². The number of hydrogen-bond donors (Lipinski definition) is 0. The average molecular weight is 201 g/mol. The number of likely N-dealkylation sites (N-methyl/N-ethyl adjacent to an activating group) is 1. The highest BCUT2D eigenvalue weighted by atomic mass is 16.6. The molecule has 1 aliphatic heterocycles. The molecule has 0 spiro atoms. The summed E-state index contributed by atoms with van der Waals surface area (Å²) in [6.07, 6.45) is 0. The maximum atomic E-state index is 10.7. The van der Waals surface area contributed by atoms with Gasteiger partial charge in [-0.05, 0) is 27.8 Å². The first-order valence-electron chi connectivity index (χ1n) is 4.79. The van der Waals surface area contributed by atoms with Gasteiger partial charge in [-0.2, -0.15) is 0 Å². The molecule has 0 amide bonds. The van der Waals surface area contributed by atoms with Crippen LogP contribution >= 0.6 is 0 Å². The molecule has 0 radical (unpaired) electrons. The summed E-state index contributed by atoms with van der Waals surface area (Å²) in [5, 5.41) is 0. The van der Waals surface area contributed by atoms with E-state index in [1.165, 1.54) is 6.92 Å². The molecule has 0 N–H and O–H groups in total. The molecule has 1 heterocycles. The van der Waals surface area contributed by atoms with Crippen molar-refractivity contribution in [1.82, 2.24) is 4.90 Å². The first-order valence-corrected chi connectivity index (χ1v) is 4.79. The maximum absolute atomic E-state index is 10.7. The Hall–Kier alpha value is -0.610. The van der Waals surface area contributed by atoms with Crippen molar-refractivity contribution in [3.05, 3.63) is 0 Å². The summed E-state index contributed by atoms with van der Waals surface area (Å²) in [6, 6.07) is 0. The fourth-order valence-electron chi connectivity index (χ4n) is 1.31. The molecule has 14 heavy (non-hydrogen) atoms. The van der Waals surface area contributed by atoms with E-state index in [4.69, 9.17) is 9.47 Å². The second-order valence-electron chi connectivity index (χ2n) is 4.62. The van der Waals surface area contributed by atoms with E-state index in [9.17, 15) is 4.79 Å². The van der Waals surface area contributed by atoms with Crippen LogP contribution in [0.4, 0.5) is 0 Å². The van der Waals surface area contributed by atoms with Crippen LogP contribution in [-0.2, 0) is 14.3 Å². The molecule has 0 saturated carbocycles. The van der Waals surface area contributed by atoms with Gasteiger partial charge in [-0.15, -0.1) is 0 Å². The molecule has 4 nitrogen and oxygen atoms in total. The van der Waals surface area contributed by atoms with Crippen LogP contribution < -0.4 is 0 Å². The molecule has 4 heteroatoms. The Morgan fingerprint density at radius 2 is 2.14 bits per heavy atom. The van der Waals surface area contributed by atoms with E-state index in [1.807, 2.05) is 27.8 Å². The third-order valence-corrected chi connectivity index (χ3v) is 2.81. The van der Waals surface area contributed by atoms with Crippen LogP contribution in [0.5, 0.6) is 0 Å². The third kappa shape index (κ3) is 2.45. The quantitative estimate of drug-likeness (QED) is 0.503. The van der Waals surface area contributed by atoms with Gasteiger partial charge in [-0.25, -0.2) is 0 Å². The molecule has 1 atom stereocenters. The summed E-state index contributed by atoms with van der Waals surface area (Å²) in [6.45, 7) is 8.64. The van der Waals surface area contributed by atoms with Gasteiger partial charge in [-0.1, -0.05) is 0 Å². The molecule has 82 valence electrons. The van der Waals surface area contributed by atoms with E-state index in [0.29, 0.717) is 6.61 Å². The summed E-state index contributed by atoms with van der Waals surface area (Å²) in [5.74, 6) is -0.242. The number of carbonyl (C=O) groups is 1. The van der Waals surface area contributed by atoms with E-state index in [-0.39, 0.29) is 17.2 Å². The first kappa shape index (κ1) is 11.5. The van der Waals surface area contributed by atoms with Crippen LogP contribution in [0, 0.1) is 0 Å². The lowest BCUT2D eigenvalue weighted by Crippen LogP contribution is -2.51. The molecule has 1 fully saturated rings. The van der Waals surface area contributed by atoms with Gasteiger partial charge in [-0.3, -0.25) is 9.69 Å². The monoisotopic (exact) mass is 201 g/mol. The van der Waals surface area contributed by atoms with Gasteiger partial charge in [0.1, 0.15) is 12.3 Å². The summed E-state index contributed by atoms with van der Waals surface area (Å²) in [7, 11) is 1.98. The SMILES string of the molecule is CC(=O)OCC(C)(C)N(C)C1(C)CO1. The predicted molar refractivity (Wildman–Crippen MR) is 52.8 cm³/mol. The molecule has 0 bridgehead atoms. The predicted octanol–water partition coefficient (Wildman–Crippen LogP) is 1.01. The average Bonchev–Trinajstić information content (AvgIpc) is 2.80. The van der Waals surface area contributed by atoms with E-state index >= 15 is 0 Å². The number of rotatable bonds is 4. The molecule has 1 unspecified atom stereocenters. The van der Waals surface area contributed by atoms with Gasteiger partial charge < -0.3 is 9.47 Å². The van der Waals surface area contributed by atoms with Crippen LogP contribution in [-0.4, -0.2) is 42.4 Å². The van der Waals surface area contributed by atoms with Crippen molar-refractivity contribution in [3.63, 3.8) is 0 Å². The van der Waals surface area contributed by atoms with E-state index in [1.54, 1.807) is 0 Å². The van der Waals surface area contributed by atoms with Crippen molar-refractivity contribution in [2.75, 3.05) is 20.3 Å². The Kier molecular flexibility index (Phi) is 2.88. The number of esters is 1. The highest BCUT2D eigenvalue weighted by molar-refractivity contribution is 5.65. The number of carbonyl (C=O) groups excluding carboxylic acids is 1. The third-order valence-electron chi connectivity index (χ3n) is 2.81. The zero-order valence-electron chi connectivity index (χ0n) is 9.59. The van der Waals surface area contributed by atoms with Crippen LogP contribution in [0.3, 0.4) is 0 Å². The van der Waals surface area contributed by atoms with Crippen molar-refractivity contribution in [2.24, 2.45) is 0 Å². The van der Waals surface area contributed by atoms with Gasteiger partial charge in [0.2, 0.25) is 0 Å². The Labute approximate surface area is 85.2 Å². The van der Waals surface area contributed by atoms with E-state index in [0.717, 1.165) is 6.61 Å². The van der Waals surface area contributed by atoms with Crippen LogP contribution in [0.2, 0.25) is 0 Å². The highest BCUT2D eigenvalue weighted by Crippen LogP contribution is 2.34. The summed E-state index contributed by atoms with van der Waals surface area (Å²) in [5.41, 5.74) is -0.374. The van der Waals surface area contributed by atoms with Crippen molar-refractivity contribution in [2.45, 2.75) is 39.0 Å². The molecule has 1 aliphatic rings. The second-order valence-corrected chi connectivity index (χ2v) is 4.62. The zero-order chi connectivity index (χ0) is 11.0. The Morgan fingerprint density at radius 1 is 1.64 bits per heavy atom. The Morgan fingerprint density at radius 3 is 2.50 bits per heavy atom. The molecule has 0 aromatic rings. The van der Waals surface area contributed by atoms with Crippen LogP contribution in [0.15, 0.2) is 0 Å². The van der Waals surface area contributed by atoms with Crippen molar-refractivity contribution < 1.29 is 14.3 Å². The zero-order valence-corrected chi connectivity index (χ0v) is 9.59. The highest BCUT2D eigenvalue weighted by Gasteiger charge is 2.49. The summed E-state index contributed by atoms with van der Waals surface area (Å²) < 4.78 is 10.4. The lowest BCUT2D eigenvalue weighted by atomic mass is 10.0. The molecule has 0 aromatic carbocycles. The Balaban J connectivity index is 2.50. The Bertz CT molecular complexity index is 234. The number of hydrogen-bond acceptors (Lipinski definition) is 4. The lowest BCUT2D eigenvalue weighted by Gasteiger charge is -2.37. The topological polar surface area (TPSA) is 42.1 Å². The molecule has 0 aliphatic carbocycles. The van der Waals surface area contributed by atoms with Gasteiger partial charge >= 0.3 is 5.97 Å². The molecular formula is C10H19NO3. The van der Waals surface area contributed by atoms with Crippen LogP contribution in [0.1, 0.15) is 27.7 Å². The minimum absolute atomic E-state index is 0.177. The second kappa shape index (κ2) is 3.51. The van der Waals surface area contributed by atoms with Crippen molar-refractivity contribution in [3.8, 4) is 0 Å². The standard InChI is InChI=1S/C10H19NO3/c1-8(12)13-6-9(2,3)11(5)10(4)7-14-10/h6-7H2,1-5H3. The number of ether oxygens (including phenoxy) is 2. The smallest absolute Gasteiger partial charge is 0.302 e. The molecule has 1 saturated heterocycles. The van der Waals surface area contributed by atoms with Gasteiger partial charge in [0.15, 0.2) is 0 Å². The summed E-state index contributed by atoms with van der Waals surface area (Å²) in [4.78, 5) is 12.8. The normalized spacial score (nSPS) is 26.4. The summed E-state index contributed by atoms with van der Waals surface area (Å²) >= 11 is 0. The molecule has 0 aromatic heterocycles. The van der Waals surface area contributed by atoms with Crippen molar-refractivity contribution >= 4 is 5.97 Å². The van der Waals surface area contributed by atoms with Crippen molar-refractivity contribution in [1.29, 1.82) is 0 Å². The first-order chi connectivity index (χ1) is 6.28. The fourth-order valence-corrected chi connectivity index (χ4v) is 1.31. The minimum atomic E-state index is -0.242. The van der Waals surface area contributed by atoms with Gasteiger partial charge in [0.25, 0.3) is 0 Å². The fraction of sp³-hybridized carbons (Fsp3) is 0.900.